The molecule has 1 nitrogen and oxygen atoms in total. The maximum absolute atomic E-state index is 12.7. The van der Waals surface area contributed by atoms with Crippen LogP contribution in [0.5, 0.6) is 0 Å². The van der Waals surface area contributed by atoms with Crippen LogP contribution in [0.15, 0.2) is 26.3 Å². The number of hydrogen-bond acceptors (Lipinski definition) is 1. The second-order valence-electron chi connectivity index (χ2n) is 12.8. The number of carbonyl (C=O) groups is 1. The van der Waals surface area contributed by atoms with Crippen molar-refractivity contribution in [2.24, 2.45) is 51.2 Å². The predicted molar refractivity (Wildman–Crippen MR) is 168 cm³/mol. The fraction of sp³-hybridized carbons (Fsp3) is 0.861. The van der Waals surface area contributed by atoms with Gasteiger partial charge in [-0.2, -0.15) is 0 Å². The molecule has 5 saturated carbocycles. The maximum Gasteiger partial charge on any atom is 0.138 e. The second kappa shape index (κ2) is 15.1. The third-order valence-electron chi connectivity index (χ3n) is 11.7. The lowest BCUT2D eigenvalue weighted by atomic mass is 9.36. The van der Waals surface area contributed by atoms with Crippen LogP contribution in [-0.2, 0) is 4.79 Å². The van der Waals surface area contributed by atoms with Gasteiger partial charge in [0.15, 0.2) is 0 Å². The van der Waals surface area contributed by atoms with Crippen molar-refractivity contribution in [1.29, 1.82) is 0 Å². The molecule has 1 heteroatoms. The summed E-state index contributed by atoms with van der Waals surface area (Å²) in [5.41, 5.74) is 1.51. The van der Waals surface area contributed by atoms with Crippen molar-refractivity contribution in [2.75, 3.05) is 0 Å². The lowest BCUT2D eigenvalue weighted by Gasteiger charge is -2.68. The molecule has 5 fully saturated rings. The predicted octanol–water partition coefficient (Wildman–Crippen LogP) is 11.7. The van der Waals surface area contributed by atoms with E-state index < -0.39 is 0 Å². The van der Waals surface area contributed by atoms with E-state index in [0.29, 0.717) is 27.9 Å². The van der Waals surface area contributed by atoms with E-state index in [9.17, 15) is 4.79 Å². The van der Waals surface area contributed by atoms with Crippen LogP contribution in [0.1, 0.15) is 147 Å². The van der Waals surface area contributed by atoms with Gasteiger partial charge < -0.3 is 0 Å². The Morgan fingerprint density at radius 3 is 1.73 bits per heavy atom. The topological polar surface area (TPSA) is 17.1 Å². The summed E-state index contributed by atoms with van der Waals surface area (Å²) in [6.45, 7) is 36.5. The van der Waals surface area contributed by atoms with Crippen LogP contribution >= 0.6 is 0 Å². The van der Waals surface area contributed by atoms with Gasteiger partial charge in [0, 0.05) is 11.8 Å². The molecule has 0 aromatic rings. The number of Topliss-reactive ketones (excluding diaryl/α,β-unsaturated/α-hetero) is 1. The molecule has 5 aliphatic rings. The number of fused-ring (bicyclic) bond motifs is 7. The summed E-state index contributed by atoms with van der Waals surface area (Å²) >= 11 is 0. The first-order valence-corrected chi connectivity index (χ1v) is 16.2. The molecule has 0 saturated heterocycles. The Kier molecular flexibility index (Phi) is 14.7. The molecule has 37 heavy (non-hydrogen) atoms. The fourth-order valence-corrected chi connectivity index (χ4v) is 10.4. The largest absolute Gasteiger partial charge is 0.299 e. The van der Waals surface area contributed by atoms with Crippen molar-refractivity contribution in [3.63, 3.8) is 0 Å². The Hall–Kier alpha value is -0.850. The molecule has 0 aromatic heterocycles. The highest BCUT2D eigenvalue weighted by Gasteiger charge is 2.65. The van der Waals surface area contributed by atoms with Gasteiger partial charge in [0.05, 0.1) is 0 Å². The number of rotatable bonds is 0. The van der Waals surface area contributed by atoms with Gasteiger partial charge in [0.25, 0.3) is 0 Å². The molecule has 5 rings (SSSR count). The summed E-state index contributed by atoms with van der Waals surface area (Å²) < 4.78 is 0. The minimum atomic E-state index is -0.0955. The summed E-state index contributed by atoms with van der Waals surface area (Å²) in [6, 6.07) is 0. The van der Waals surface area contributed by atoms with Gasteiger partial charge in [0.2, 0.25) is 0 Å². The summed E-state index contributed by atoms with van der Waals surface area (Å²) in [5, 5.41) is 0. The first-order valence-electron chi connectivity index (χ1n) is 16.2. The normalized spacial score (nSPS) is 42.0. The third-order valence-corrected chi connectivity index (χ3v) is 11.7. The van der Waals surface area contributed by atoms with E-state index >= 15 is 0 Å². The molecular formula is C36H68O. The highest BCUT2D eigenvalue weighted by molar-refractivity contribution is 5.85. The maximum atomic E-state index is 12.7. The van der Waals surface area contributed by atoms with Gasteiger partial charge in [-0.15, -0.1) is 26.3 Å². The van der Waals surface area contributed by atoms with E-state index in [1.54, 1.807) is 0 Å². The molecule has 0 spiro atoms. The van der Waals surface area contributed by atoms with E-state index in [-0.39, 0.29) is 5.41 Å². The van der Waals surface area contributed by atoms with Gasteiger partial charge in [-0.3, -0.25) is 4.79 Å². The van der Waals surface area contributed by atoms with Gasteiger partial charge >= 0.3 is 0 Å². The Balaban J connectivity index is 0.00000117. The molecular weight excluding hydrogens is 448 g/mol. The first kappa shape index (κ1) is 36.1. The van der Waals surface area contributed by atoms with Crippen LogP contribution in [0.3, 0.4) is 0 Å². The average Bonchev–Trinajstić information content (AvgIpc) is 3.34. The van der Waals surface area contributed by atoms with Gasteiger partial charge in [0.1, 0.15) is 5.78 Å². The summed E-state index contributed by atoms with van der Waals surface area (Å²) in [7, 11) is 0. The second-order valence-corrected chi connectivity index (χ2v) is 12.8. The molecule has 218 valence electrons. The van der Waals surface area contributed by atoms with Crippen LogP contribution in [0, 0.1) is 51.2 Å². The van der Waals surface area contributed by atoms with E-state index in [1.165, 1.54) is 64.2 Å². The third kappa shape index (κ3) is 6.17. The van der Waals surface area contributed by atoms with E-state index in [1.807, 2.05) is 41.5 Å². The lowest BCUT2D eigenvalue weighted by molar-refractivity contribution is -0.195. The first-order chi connectivity index (χ1) is 17.6. The molecule has 0 amide bonds. The zero-order chi connectivity index (χ0) is 29.2. The molecule has 0 aliphatic heterocycles. The van der Waals surface area contributed by atoms with Crippen LogP contribution < -0.4 is 0 Å². The van der Waals surface area contributed by atoms with E-state index in [4.69, 9.17) is 0 Å². The molecule has 0 bridgehead atoms. The van der Waals surface area contributed by atoms with E-state index in [2.05, 4.69) is 60.9 Å². The molecule has 0 N–H and O–H groups in total. The van der Waals surface area contributed by atoms with Gasteiger partial charge in [-0.1, -0.05) is 82.6 Å². The van der Waals surface area contributed by atoms with Crippen LogP contribution in [0.4, 0.5) is 0 Å². The Morgan fingerprint density at radius 2 is 1.16 bits per heavy atom. The average molecular weight is 517 g/mol. The smallest absolute Gasteiger partial charge is 0.138 e. The Bertz CT molecular complexity index is 676. The Labute approximate surface area is 234 Å². The van der Waals surface area contributed by atoms with Gasteiger partial charge in [-0.25, -0.2) is 0 Å². The van der Waals surface area contributed by atoms with Crippen molar-refractivity contribution in [3.05, 3.63) is 26.3 Å². The van der Waals surface area contributed by atoms with E-state index in [0.717, 1.165) is 30.1 Å². The SMILES string of the molecule is C=C.C=C.CC.CC.CC.CC1(C)C(=O)CC[C@@]2(C)C1CC[C@@]1(C)C3CC[C@@]4(C)CCC[C@@H]4[C@H]3CCC12. The summed E-state index contributed by atoms with van der Waals surface area (Å²) in [6.07, 6.45) is 15.1. The minimum absolute atomic E-state index is 0.0955. The van der Waals surface area contributed by atoms with Crippen molar-refractivity contribution in [3.8, 4) is 0 Å². The number of hydrogen-bond donors (Lipinski definition) is 0. The molecule has 3 unspecified atom stereocenters. The van der Waals surface area contributed by atoms with Gasteiger partial charge in [-0.05, 0) is 104 Å². The zero-order valence-electron chi connectivity index (χ0n) is 27.4. The van der Waals surface area contributed by atoms with Crippen LogP contribution in [0.2, 0.25) is 0 Å². The molecule has 0 aromatic carbocycles. The minimum Gasteiger partial charge on any atom is -0.299 e. The number of ketones is 1. The molecule has 0 heterocycles. The number of carbonyl (C=O) groups excluding carboxylic acids is 1. The highest BCUT2D eigenvalue weighted by atomic mass is 16.1. The summed E-state index contributed by atoms with van der Waals surface area (Å²) in [4.78, 5) is 12.7. The molecule has 5 aliphatic carbocycles. The standard InChI is InChI=1S/C26H42O.3C2H6.2C2H4/c1-23(2)20-11-15-25(4)19-10-14-24(3)13-6-7-18(24)17(19)8-9-21(25)26(20,5)16-12-22(23)27;5*1-2/h17-21H,6-16H2,1-5H3;3*1-2H3;2*1-2H2/t17-,18-,19?,20?,21?,24-,25+,26+;;;;;/m1...../s1. The molecule has 8 atom stereocenters. The molecule has 0 radical (unpaired) electrons. The zero-order valence-corrected chi connectivity index (χ0v) is 27.4. The van der Waals surface area contributed by atoms with Crippen molar-refractivity contribution < 1.29 is 4.79 Å². The summed E-state index contributed by atoms with van der Waals surface area (Å²) in [5.74, 6) is 4.99. The quantitative estimate of drug-likeness (QED) is 0.292. The lowest BCUT2D eigenvalue weighted by Crippen LogP contribution is -2.62. The van der Waals surface area contributed by atoms with Crippen LogP contribution in [-0.4, -0.2) is 5.78 Å². The van der Waals surface area contributed by atoms with Crippen LogP contribution in [0.25, 0.3) is 0 Å². The monoisotopic (exact) mass is 517 g/mol. The Morgan fingerprint density at radius 1 is 0.595 bits per heavy atom. The van der Waals surface area contributed by atoms with Crippen molar-refractivity contribution in [2.45, 2.75) is 147 Å². The van der Waals surface area contributed by atoms with Crippen molar-refractivity contribution in [1.82, 2.24) is 0 Å². The fourth-order valence-electron chi connectivity index (χ4n) is 10.4. The van der Waals surface area contributed by atoms with Crippen molar-refractivity contribution >= 4 is 5.78 Å². The highest BCUT2D eigenvalue weighted by Crippen LogP contribution is 2.72.